The molecule has 0 aromatic heterocycles. The van der Waals surface area contributed by atoms with E-state index in [2.05, 4.69) is 27.2 Å². The highest BCUT2D eigenvalue weighted by atomic mass is 127. The second-order valence-corrected chi connectivity index (χ2v) is 7.11. The number of likely N-dealkylation sites (N-methyl/N-ethyl adjacent to an activating group) is 1. The number of nitrogens with zero attached hydrogens (tertiary/aromatic N) is 3. The number of guanidine groups is 1. The maximum Gasteiger partial charge on any atom is 0.193 e. The van der Waals surface area contributed by atoms with Crippen molar-refractivity contribution >= 4 is 29.9 Å². The van der Waals surface area contributed by atoms with E-state index in [-0.39, 0.29) is 30.1 Å². The normalized spacial score (nSPS) is 27.5. The molecule has 0 bridgehead atoms. The molecule has 3 rings (SSSR count). The highest BCUT2D eigenvalue weighted by Crippen LogP contribution is 2.28. The lowest BCUT2D eigenvalue weighted by atomic mass is 10.2. The van der Waals surface area contributed by atoms with Gasteiger partial charge >= 0.3 is 0 Å². The zero-order valence-electron chi connectivity index (χ0n) is 15.1. The third kappa shape index (κ3) is 6.00. The lowest BCUT2D eigenvalue weighted by Crippen LogP contribution is -2.51. The molecule has 0 radical (unpaired) electrons. The molecule has 140 valence electrons. The number of morpholine rings is 1. The molecule has 7 heteroatoms. The topological polar surface area (TPSA) is 49.3 Å². The zero-order valence-corrected chi connectivity index (χ0v) is 17.4. The van der Waals surface area contributed by atoms with Gasteiger partial charge < -0.3 is 19.7 Å². The Morgan fingerprint density at radius 1 is 1.38 bits per heavy atom. The van der Waals surface area contributed by atoms with Crippen LogP contribution in [0.15, 0.2) is 4.99 Å². The van der Waals surface area contributed by atoms with Gasteiger partial charge in [-0.1, -0.05) is 0 Å². The summed E-state index contributed by atoms with van der Waals surface area (Å²) in [6.07, 6.45) is 5.57. The van der Waals surface area contributed by atoms with E-state index < -0.39 is 0 Å². The smallest absolute Gasteiger partial charge is 0.193 e. The van der Waals surface area contributed by atoms with Crippen molar-refractivity contribution in [2.45, 2.75) is 37.8 Å². The van der Waals surface area contributed by atoms with Crippen LogP contribution in [0.4, 0.5) is 0 Å². The van der Waals surface area contributed by atoms with E-state index in [9.17, 15) is 0 Å². The monoisotopic (exact) mass is 452 g/mol. The van der Waals surface area contributed by atoms with Crippen LogP contribution in [0, 0.1) is 5.92 Å². The van der Waals surface area contributed by atoms with Gasteiger partial charge in [0.1, 0.15) is 0 Å². The largest absolute Gasteiger partial charge is 0.379 e. The fourth-order valence-corrected chi connectivity index (χ4v) is 3.44. The number of rotatable bonds is 7. The molecule has 2 aliphatic heterocycles. The molecule has 1 N–H and O–H groups in total. The summed E-state index contributed by atoms with van der Waals surface area (Å²) in [6, 6.07) is 0.664. The van der Waals surface area contributed by atoms with Crippen LogP contribution in [0.25, 0.3) is 0 Å². The van der Waals surface area contributed by atoms with Crippen molar-refractivity contribution in [2.24, 2.45) is 10.9 Å². The summed E-state index contributed by atoms with van der Waals surface area (Å²) in [7, 11) is 3.90. The molecule has 2 unspecified atom stereocenters. The van der Waals surface area contributed by atoms with E-state index in [4.69, 9.17) is 9.47 Å². The number of hydrogen-bond donors (Lipinski definition) is 1. The molecule has 0 aromatic carbocycles. The van der Waals surface area contributed by atoms with Crippen LogP contribution in [-0.4, -0.2) is 88.0 Å². The highest BCUT2D eigenvalue weighted by molar-refractivity contribution is 14.0. The molecule has 24 heavy (non-hydrogen) atoms. The van der Waals surface area contributed by atoms with Crippen molar-refractivity contribution in [1.82, 2.24) is 15.1 Å². The summed E-state index contributed by atoms with van der Waals surface area (Å²) in [5.74, 6) is 1.75. The maximum atomic E-state index is 6.00. The van der Waals surface area contributed by atoms with Gasteiger partial charge in [-0.2, -0.15) is 0 Å². The Bertz CT molecular complexity index is 406. The Morgan fingerprint density at radius 2 is 2.21 bits per heavy atom. The standard InChI is InChI=1S/C17H32N4O2.HI/c1-18-17(20(2)8-9-22-12-14-5-6-14)19-10-16-11-21-7-3-4-15(21)13-23-16;/h14-16H,3-13H2,1-2H3,(H,18,19);1H. The molecule has 3 aliphatic rings. The minimum Gasteiger partial charge on any atom is -0.379 e. The number of ether oxygens (including phenoxy) is 2. The summed E-state index contributed by atoms with van der Waals surface area (Å²) in [6.45, 7) is 6.54. The number of nitrogens with one attached hydrogen (secondary N) is 1. The summed E-state index contributed by atoms with van der Waals surface area (Å²) in [5.41, 5.74) is 0. The average Bonchev–Trinajstić information content (AvgIpc) is 3.27. The molecule has 1 aliphatic carbocycles. The van der Waals surface area contributed by atoms with Crippen LogP contribution in [0.1, 0.15) is 25.7 Å². The van der Waals surface area contributed by atoms with E-state index in [0.29, 0.717) is 6.04 Å². The van der Waals surface area contributed by atoms with Crippen LogP contribution >= 0.6 is 24.0 Å². The van der Waals surface area contributed by atoms with Gasteiger partial charge in [0.05, 0.1) is 19.3 Å². The van der Waals surface area contributed by atoms with E-state index in [1.807, 2.05) is 7.05 Å². The van der Waals surface area contributed by atoms with Crippen LogP contribution in [-0.2, 0) is 9.47 Å². The fourth-order valence-electron chi connectivity index (χ4n) is 3.44. The second-order valence-electron chi connectivity index (χ2n) is 7.11. The first kappa shape index (κ1) is 20.2. The lowest BCUT2D eigenvalue weighted by molar-refractivity contribution is -0.0454. The summed E-state index contributed by atoms with van der Waals surface area (Å²) in [5, 5.41) is 3.45. The molecule has 1 saturated carbocycles. The van der Waals surface area contributed by atoms with Gasteiger partial charge in [-0.15, -0.1) is 24.0 Å². The Kier molecular flexibility index (Phi) is 8.53. The van der Waals surface area contributed by atoms with Crippen molar-refractivity contribution in [3.8, 4) is 0 Å². The Labute approximate surface area is 163 Å². The minimum absolute atomic E-state index is 0. The van der Waals surface area contributed by atoms with Crippen molar-refractivity contribution in [3.63, 3.8) is 0 Å². The summed E-state index contributed by atoms with van der Waals surface area (Å²) >= 11 is 0. The molecule has 0 spiro atoms. The fraction of sp³-hybridized carbons (Fsp3) is 0.941. The quantitative estimate of drug-likeness (QED) is 0.274. The molecule has 0 amide bonds. The van der Waals surface area contributed by atoms with E-state index in [0.717, 1.165) is 51.3 Å². The Hall–Kier alpha value is -0.120. The Balaban J connectivity index is 0.00000208. The van der Waals surface area contributed by atoms with E-state index >= 15 is 0 Å². The minimum atomic E-state index is 0. The molecule has 0 aromatic rings. The number of halogens is 1. The number of fused-ring (bicyclic) bond motifs is 1. The first-order valence-electron chi connectivity index (χ1n) is 9.11. The van der Waals surface area contributed by atoms with Crippen LogP contribution in [0.3, 0.4) is 0 Å². The third-order valence-corrected chi connectivity index (χ3v) is 5.14. The predicted molar refractivity (Wildman–Crippen MR) is 107 cm³/mol. The molecule has 2 saturated heterocycles. The van der Waals surface area contributed by atoms with Gasteiger partial charge in [0.15, 0.2) is 5.96 Å². The van der Waals surface area contributed by atoms with Gasteiger partial charge in [-0.25, -0.2) is 0 Å². The molecule has 3 fully saturated rings. The van der Waals surface area contributed by atoms with Gasteiger partial charge in [0.2, 0.25) is 0 Å². The van der Waals surface area contributed by atoms with E-state index in [1.165, 1.54) is 32.2 Å². The SMILES string of the molecule is CN=C(NCC1CN2CCCC2CO1)N(C)CCOCC1CC1.I. The number of hydrogen-bond acceptors (Lipinski definition) is 4. The van der Waals surface area contributed by atoms with Crippen molar-refractivity contribution < 1.29 is 9.47 Å². The number of aliphatic imine (C=N–C) groups is 1. The highest BCUT2D eigenvalue weighted by Gasteiger charge is 2.32. The first-order valence-corrected chi connectivity index (χ1v) is 9.11. The van der Waals surface area contributed by atoms with Crippen molar-refractivity contribution in [1.29, 1.82) is 0 Å². The predicted octanol–water partition coefficient (Wildman–Crippen LogP) is 1.40. The van der Waals surface area contributed by atoms with E-state index in [1.54, 1.807) is 0 Å². The van der Waals surface area contributed by atoms with Gasteiger partial charge in [0, 0.05) is 46.4 Å². The maximum absolute atomic E-state index is 6.00. The van der Waals surface area contributed by atoms with Gasteiger partial charge in [-0.3, -0.25) is 9.89 Å². The molecular weight excluding hydrogens is 419 g/mol. The summed E-state index contributed by atoms with van der Waals surface area (Å²) < 4.78 is 11.7. The van der Waals surface area contributed by atoms with Crippen LogP contribution < -0.4 is 5.32 Å². The Morgan fingerprint density at radius 3 is 2.96 bits per heavy atom. The van der Waals surface area contributed by atoms with Crippen molar-refractivity contribution in [3.05, 3.63) is 0 Å². The summed E-state index contributed by atoms with van der Waals surface area (Å²) in [4.78, 5) is 9.08. The second kappa shape index (κ2) is 10.1. The zero-order chi connectivity index (χ0) is 16.1. The van der Waals surface area contributed by atoms with Gasteiger partial charge in [-0.05, 0) is 38.1 Å². The van der Waals surface area contributed by atoms with Crippen molar-refractivity contribution in [2.75, 3.05) is 60.1 Å². The molecule has 2 atom stereocenters. The van der Waals surface area contributed by atoms with Crippen LogP contribution in [0.2, 0.25) is 0 Å². The first-order chi connectivity index (χ1) is 11.3. The molecular formula is C17H33IN4O2. The third-order valence-electron chi connectivity index (χ3n) is 5.14. The molecule has 2 heterocycles. The molecule has 6 nitrogen and oxygen atoms in total. The van der Waals surface area contributed by atoms with Crippen LogP contribution in [0.5, 0.6) is 0 Å². The van der Waals surface area contributed by atoms with Gasteiger partial charge in [0.25, 0.3) is 0 Å². The lowest BCUT2D eigenvalue weighted by Gasteiger charge is -2.35. The average molecular weight is 452 g/mol.